The number of guanidine groups is 2. The lowest BCUT2D eigenvalue weighted by atomic mass is 9.85. The maximum Gasteiger partial charge on any atom is 0.245 e. The zero-order valence-corrected chi connectivity index (χ0v) is 86.8. The van der Waals surface area contributed by atoms with Crippen molar-refractivity contribution < 1.29 is 106 Å². The normalized spacial score (nSPS) is 25.8. The first-order valence-corrected chi connectivity index (χ1v) is 52.0. The number of thioether (sulfide) groups is 3. The number of aliphatic hydroxyl groups is 3. The molecule has 4 fully saturated rings. The van der Waals surface area contributed by atoms with Gasteiger partial charge in [0.05, 0.1) is 76.0 Å². The highest BCUT2D eigenvalue weighted by atomic mass is 32.2. The lowest BCUT2D eigenvalue weighted by Crippen LogP contribution is -2.63. The van der Waals surface area contributed by atoms with Crippen molar-refractivity contribution in [1.29, 1.82) is 10.8 Å². The van der Waals surface area contributed by atoms with Crippen molar-refractivity contribution in [2.24, 2.45) is 46.1 Å². The van der Waals surface area contributed by atoms with Crippen LogP contribution in [0.3, 0.4) is 0 Å². The number of hydrogen-bond acceptors (Lipinski definition) is 31. The fraction of sp³-hybridized carbons (Fsp3) is 0.678. The van der Waals surface area contributed by atoms with Gasteiger partial charge in [-0.1, -0.05) is 75.3 Å². The monoisotopic (exact) mass is 2110 g/mol. The maximum absolute atomic E-state index is 15.2. The number of imidazole rings is 2. The number of carbonyl (C=O) groups is 19. The molecule has 2 aromatic heterocycles. The molecular formula is C90H149N31O22S3. The van der Waals surface area contributed by atoms with Crippen LogP contribution >= 0.6 is 35.3 Å². The van der Waals surface area contributed by atoms with Gasteiger partial charge in [0.25, 0.3) is 0 Å². The van der Waals surface area contributed by atoms with Crippen molar-refractivity contribution in [1.82, 2.24) is 130 Å². The molecule has 0 aliphatic carbocycles. The summed E-state index contributed by atoms with van der Waals surface area (Å²) >= 11 is 2.79. The lowest BCUT2D eigenvalue weighted by Gasteiger charge is -2.42. The van der Waals surface area contributed by atoms with Crippen molar-refractivity contribution in [2.45, 2.75) is 269 Å². The number of rotatable bonds is 26. The van der Waals surface area contributed by atoms with E-state index in [1.807, 2.05) is 13.8 Å². The smallest absolute Gasteiger partial charge is 0.245 e. The number of aromatic amines is 2. The Balaban J connectivity index is 1.51. The molecule has 19 amide bonds. The second-order valence-electron chi connectivity index (χ2n) is 38.2. The molecule has 0 saturated carbocycles. The minimum absolute atomic E-state index is 0.000168. The fourth-order valence-corrected chi connectivity index (χ4v) is 18.6. The van der Waals surface area contributed by atoms with E-state index in [0.29, 0.717) is 6.42 Å². The van der Waals surface area contributed by atoms with Crippen LogP contribution in [-0.4, -0.2) is 376 Å². The first-order chi connectivity index (χ1) is 69.0. The standard InChI is InChI=1S/C90H149N31O22S3/c1-13-48(6)70-85(141)109-58(32-53-34-98-42-102-53)77(133)114-63(81(137)104-51(9)72(92)128)38-144-26-20-67(125)118-43-119-45-120(44-118)69(127)22-28-146-40-65(113-73(129)49(7)91)83(139)117-71(90(10,11)12)86(142)106-54(17-14-23-99-88(93)94)74(130)110-61(36-123)79(135)108-57(31-52-33-97-41-101-52)76(132)115-64(39-145-27-21-68(119)126)82(138)112-62(37-124)80(136)111-60(35-122)78(134)107-56(29-46(2)3)50(8)103-59(30-47(4)5)87(143)121-25-16-19-66(121)84(140)105-55(75(131)116-70)18-15-24-100-89(95)96/h33-34,41-42,46-49,51,54-66,70-71,103,122-124H,8,13-32,35-40,43-45,91H2,1-7,9-12H3,(H2,92,128)(H,97,101)(H,98,102)(H,104,137)(H,105,140)(H,106,142)(H,107,134)(H,108,135)(H,109,141)(H,110,130)(H,111,136)(H,112,138)(H,113,129)(H,114,133)(H,115,132)(H,116,131)(H,117,139)(H4,93,94,99)(H4,95,96,100)/t48-,49-,51-,54-,55-,56-,57-,58-,59-,60-,61+,62-,63-,64-,65-,66-,70-,71+/m0/s1. The number of nitrogens with zero attached hydrogens (tertiary/aromatic N) is 6. The Hall–Kier alpha value is -12.7. The Morgan fingerprint density at radius 1 is 0.514 bits per heavy atom. The predicted octanol–water partition coefficient (Wildman–Crippen LogP) is -8.52. The van der Waals surface area contributed by atoms with Gasteiger partial charge in [-0.2, -0.15) is 35.3 Å². The van der Waals surface area contributed by atoms with Crippen LogP contribution in [0.2, 0.25) is 0 Å². The van der Waals surface area contributed by atoms with Gasteiger partial charge in [0.15, 0.2) is 11.9 Å². The van der Waals surface area contributed by atoms with Gasteiger partial charge in [-0.3, -0.25) is 102 Å². The Labute approximate surface area is 859 Å². The van der Waals surface area contributed by atoms with Crippen molar-refractivity contribution in [3.05, 3.63) is 48.7 Å². The van der Waals surface area contributed by atoms with E-state index in [0.717, 1.165) is 40.2 Å². The molecule has 146 heavy (non-hydrogen) atoms. The zero-order valence-electron chi connectivity index (χ0n) is 84.4. The van der Waals surface area contributed by atoms with Crippen LogP contribution in [0, 0.1) is 34.0 Å². The number of H-pyrrole nitrogens is 2. The molecule has 53 nitrogen and oxygen atoms in total. The summed E-state index contributed by atoms with van der Waals surface area (Å²) in [6.45, 7) is 17.4. The molecule has 4 aliphatic rings. The predicted molar refractivity (Wildman–Crippen MR) is 539 cm³/mol. The molecule has 6 rings (SSSR count). The number of nitrogens with one attached hydrogen (secondary N) is 21. The fourth-order valence-electron chi connectivity index (χ4n) is 15.7. The zero-order chi connectivity index (χ0) is 109. The van der Waals surface area contributed by atoms with Gasteiger partial charge >= 0.3 is 0 Å². The molecule has 0 radical (unpaired) electrons. The third-order valence-corrected chi connectivity index (χ3v) is 27.3. The number of fused-ring (bicyclic) bond motifs is 8. The van der Waals surface area contributed by atoms with Crippen molar-refractivity contribution in [3.63, 3.8) is 0 Å². The van der Waals surface area contributed by atoms with Crippen LogP contribution in [0.25, 0.3) is 0 Å². The number of aliphatic hydroxyl groups excluding tert-OH is 3. The largest absolute Gasteiger partial charge is 0.394 e. The van der Waals surface area contributed by atoms with Gasteiger partial charge in [0, 0.05) is 104 Å². The van der Waals surface area contributed by atoms with Gasteiger partial charge in [-0.05, 0) is 88.4 Å². The number of hydrogen-bond donors (Lipinski definition) is 28. The second-order valence-corrected chi connectivity index (χ2v) is 41.6. The maximum atomic E-state index is 15.2. The minimum Gasteiger partial charge on any atom is -0.394 e. The molecule has 6 heterocycles. The molecule has 2 aromatic rings. The van der Waals surface area contributed by atoms with E-state index in [-0.39, 0.29) is 142 Å². The Bertz CT molecular complexity index is 4820. The van der Waals surface area contributed by atoms with E-state index in [4.69, 9.17) is 33.8 Å². The van der Waals surface area contributed by atoms with Gasteiger partial charge in [-0.25, -0.2) is 9.97 Å². The summed E-state index contributed by atoms with van der Waals surface area (Å²) in [5, 5.41) is 93.0. The summed E-state index contributed by atoms with van der Waals surface area (Å²) in [5.74, 6) is -21.6. The Kier molecular flexibility index (Phi) is 50.5. The third kappa shape index (κ3) is 39.9. The first-order valence-electron chi connectivity index (χ1n) is 48.5. The summed E-state index contributed by atoms with van der Waals surface area (Å²) < 4.78 is 0. The molecule has 32 N–H and O–H groups in total. The Morgan fingerprint density at radius 2 is 0.938 bits per heavy atom. The second kappa shape index (κ2) is 60.4. The highest BCUT2D eigenvalue weighted by molar-refractivity contribution is 7.99. The van der Waals surface area contributed by atoms with Crippen molar-refractivity contribution in [3.8, 4) is 0 Å². The van der Waals surface area contributed by atoms with Crippen LogP contribution < -0.4 is 113 Å². The van der Waals surface area contributed by atoms with Gasteiger partial charge in [0.2, 0.25) is 112 Å². The van der Waals surface area contributed by atoms with E-state index in [1.54, 1.807) is 48.5 Å². The molecule has 0 spiro atoms. The SMILES string of the molecule is C=C1N[C@@H](CC(C)C)C(=O)N2CCC[C@H]2C(=O)N[C@@H](CCCNC(=N)N)C(=O)N[C@@H]([C@@H](C)CC)C(=O)N[C@@H](Cc2c[nH]cn2)C(=O)N[C@H](C(=O)N[C@@H](C)C(N)=O)CSCCC(=O)N2CN3CN(C2)C(=O)CCSC[C@H](NC(=O)[C@H](Cc2c[nH]cn2)NC(=O)[C@@H](CO)NC(=O)[C@H](CCCNC(=N)N)NC(=O)[C@H](C(C)(C)C)NC(=O)[C@@H](NC(=O)[C@H](C)N)CSCCC3=O)C(=O)N[C@@H](CO)C(=O)N[C@@H](CO)C(=O)N[C@H]1CC(C)C. The molecule has 18 atom stereocenters. The summed E-state index contributed by atoms with van der Waals surface area (Å²) in [4.78, 5) is 297. The van der Waals surface area contributed by atoms with E-state index < -0.39 is 303 Å². The Morgan fingerprint density at radius 3 is 1.39 bits per heavy atom. The van der Waals surface area contributed by atoms with E-state index >= 15 is 28.8 Å². The van der Waals surface area contributed by atoms with Crippen LogP contribution in [0.1, 0.15) is 165 Å². The number of primary amides is 1. The number of nitrogens with two attached hydrogens (primary N) is 4. The van der Waals surface area contributed by atoms with Gasteiger partial charge in [0.1, 0.15) is 90.6 Å². The summed E-state index contributed by atoms with van der Waals surface area (Å²) in [6, 6.07) is -26.2. The molecule has 0 unspecified atom stereocenters. The number of carbonyl (C=O) groups excluding carboxylic acids is 19. The third-order valence-electron chi connectivity index (χ3n) is 24.2. The van der Waals surface area contributed by atoms with Gasteiger partial charge < -0.3 is 158 Å². The summed E-state index contributed by atoms with van der Waals surface area (Å²) in [6.07, 6.45) is 3.85. The van der Waals surface area contributed by atoms with Gasteiger partial charge in [-0.15, -0.1) is 0 Å². The molecule has 4 bridgehead atoms. The molecule has 814 valence electrons. The van der Waals surface area contributed by atoms with E-state index in [2.05, 4.69) is 117 Å². The van der Waals surface area contributed by atoms with Crippen molar-refractivity contribution in [2.75, 3.05) is 94.0 Å². The minimum atomic E-state index is -2.02. The molecule has 4 aliphatic heterocycles. The quantitative estimate of drug-likeness (QED) is 0.0236. The van der Waals surface area contributed by atoms with Crippen LogP contribution in [0.15, 0.2) is 37.3 Å². The average Bonchev–Trinajstić information content (AvgIpc) is 1.53. The topological polar surface area (TPSA) is 812 Å². The average molecular weight is 2110 g/mol. The van der Waals surface area contributed by atoms with E-state index in [1.165, 1.54) is 53.6 Å². The lowest BCUT2D eigenvalue weighted by molar-refractivity contribution is -0.158. The molecule has 0 aromatic carbocycles. The first kappa shape index (κ1) is 122. The van der Waals surface area contributed by atoms with E-state index in [9.17, 15) is 77.6 Å². The number of aromatic nitrogens is 4. The number of amides is 19. The molecule has 4 saturated heterocycles. The van der Waals surface area contributed by atoms with Crippen LogP contribution in [0.4, 0.5) is 0 Å². The highest BCUT2D eigenvalue weighted by Crippen LogP contribution is 2.26. The molecule has 56 heteroatoms. The van der Waals surface area contributed by atoms with Crippen LogP contribution in [-0.2, 0) is 104 Å². The van der Waals surface area contributed by atoms with Crippen molar-refractivity contribution >= 4 is 159 Å². The summed E-state index contributed by atoms with van der Waals surface area (Å²) in [5.41, 5.74) is 22.0. The van der Waals surface area contributed by atoms with Crippen LogP contribution in [0.5, 0.6) is 0 Å². The summed E-state index contributed by atoms with van der Waals surface area (Å²) in [7, 11) is 0. The highest BCUT2D eigenvalue weighted by Gasteiger charge is 2.45. The molecular weight excluding hydrogens is 1960 g/mol.